The number of hydrogen-bond donors (Lipinski definition) is 1. The summed E-state index contributed by atoms with van der Waals surface area (Å²) >= 11 is 0. The molecule has 0 rings (SSSR count). The van der Waals surface area contributed by atoms with Gasteiger partial charge in [-0.1, -0.05) is 66.2 Å². The molecule has 1 N–H and O–H groups in total. The van der Waals surface area contributed by atoms with Gasteiger partial charge >= 0.3 is 0 Å². The van der Waals surface area contributed by atoms with E-state index < -0.39 is 7.37 Å². The Bertz CT molecular complexity index is 233. The van der Waals surface area contributed by atoms with Crippen LogP contribution in [0.2, 0.25) is 0 Å². The van der Waals surface area contributed by atoms with Crippen molar-refractivity contribution >= 4 is 24.7 Å². The fraction of sp³-hybridized carbons (Fsp3) is 1.00. The van der Waals surface area contributed by atoms with E-state index in [-0.39, 0.29) is 17.4 Å². The van der Waals surface area contributed by atoms with Crippen LogP contribution in [0, 0.1) is 11.8 Å². The van der Waals surface area contributed by atoms with Crippen LogP contribution in [0.4, 0.5) is 0 Å². The predicted octanol–water partition coefficient (Wildman–Crippen LogP) is 4.51. The average molecular weight is 320 g/mol. The Hall–Kier alpha value is 0.722. The van der Waals surface area contributed by atoms with Crippen molar-refractivity contribution in [2.24, 2.45) is 11.8 Å². The Morgan fingerprint density at radius 3 is 1.40 bits per heavy atom. The monoisotopic (exact) mass is 320 g/mol. The maximum atomic E-state index is 12.0. The highest BCUT2D eigenvalue weighted by molar-refractivity contribution is 7.57. The fourth-order valence-corrected chi connectivity index (χ4v) is 3.95. The molecular weight excluding hydrogens is 282 g/mol. The maximum absolute atomic E-state index is 12.0. The minimum atomic E-state index is -2.82. The highest BCUT2D eigenvalue weighted by Gasteiger charge is 2.16. The largest absolute Gasteiger partial charge is 0.344 e. The first-order valence-electron chi connectivity index (χ1n) is 8.14. The van der Waals surface area contributed by atoms with E-state index in [1.807, 2.05) is 0 Å². The van der Waals surface area contributed by atoms with Gasteiger partial charge in [-0.2, -0.15) is 0 Å². The zero-order valence-electron chi connectivity index (χ0n) is 13.5. The Morgan fingerprint density at radius 1 is 0.750 bits per heavy atom. The molecule has 0 spiro atoms. The van der Waals surface area contributed by atoms with Crippen LogP contribution in [-0.2, 0) is 4.57 Å². The third-order valence-electron chi connectivity index (χ3n) is 3.58. The SMILES string of the molecule is CC(C)CCCCCP(=O)(O)CCCCCC(C)C.[AlH3]. The lowest BCUT2D eigenvalue weighted by Crippen LogP contribution is -1.97. The van der Waals surface area contributed by atoms with Crippen LogP contribution in [0.15, 0.2) is 0 Å². The molecule has 0 aliphatic heterocycles. The predicted molar refractivity (Wildman–Crippen MR) is 96.1 cm³/mol. The summed E-state index contributed by atoms with van der Waals surface area (Å²) in [6.45, 7) is 8.92. The molecule has 0 aromatic carbocycles. The summed E-state index contributed by atoms with van der Waals surface area (Å²) in [4.78, 5) is 9.89. The van der Waals surface area contributed by atoms with Gasteiger partial charge in [-0.25, -0.2) is 0 Å². The lowest BCUT2D eigenvalue weighted by Gasteiger charge is -2.12. The molecule has 0 bridgehead atoms. The second-order valence-electron chi connectivity index (χ2n) is 6.78. The van der Waals surface area contributed by atoms with E-state index in [9.17, 15) is 9.46 Å². The molecule has 0 aromatic heterocycles. The molecule has 122 valence electrons. The van der Waals surface area contributed by atoms with E-state index in [0.717, 1.165) is 37.5 Å². The normalized spacial score (nSPS) is 11.9. The molecule has 2 nitrogen and oxygen atoms in total. The number of hydrogen-bond acceptors (Lipinski definition) is 1. The fourth-order valence-electron chi connectivity index (χ4n) is 2.29. The van der Waals surface area contributed by atoms with Crippen molar-refractivity contribution in [3.63, 3.8) is 0 Å². The maximum Gasteiger partial charge on any atom is 0.200 e. The minimum absolute atomic E-state index is 0. The molecule has 0 saturated carbocycles. The van der Waals surface area contributed by atoms with Crippen molar-refractivity contribution in [1.82, 2.24) is 0 Å². The van der Waals surface area contributed by atoms with Gasteiger partial charge < -0.3 is 4.89 Å². The Morgan fingerprint density at radius 2 is 1.10 bits per heavy atom. The van der Waals surface area contributed by atoms with E-state index in [1.54, 1.807) is 0 Å². The summed E-state index contributed by atoms with van der Waals surface area (Å²) in [6, 6.07) is 0. The molecule has 0 saturated heterocycles. The Kier molecular flexibility index (Phi) is 15.4. The smallest absolute Gasteiger partial charge is 0.200 e. The average Bonchev–Trinajstić information content (AvgIpc) is 2.27. The summed E-state index contributed by atoms with van der Waals surface area (Å²) < 4.78 is 12.0. The summed E-state index contributed by atoms with van der Waals surface area (Å²) in [5.74, 6) is 1.50. The van der Waals surface area contributed by atoms with E-state index in [1.165, 1.54) is 25.7 Å². The number of unbranched alkanes of at least 4 members (excludes halogenated alkanes) is 4. The molecule has 0 atom stereocenters. The lowest BCUT2D eigenvalue weighted by molar-refractivity contribution is 0.466. The lowest BCUT2D eigenvalue weighted by atomic mass is 10.1. The van der Waals surface area contributed by atoms with Gasteiger partial charge in [-0.3, -0.25) is 4.57 Å². The van der Waals surface area contributed by atoms with Gasteiger partial charge in [0, 0.05) is 12.3 Å². The van der Waals surface area contributed by atoms with E-state index in [2.05, 4.69) is 27.7 Å². The molecule has 4 heteroatoms. The quantitative estimate of drug-likeness (QED) is 0.326. The highest BCUT2D eigenvalue weighted by atomic mass is 31.2. The molecule has 0 aliphatic carbocycles. The molecule has 20 heavy (non-hydrogen) atoms. The molecule has 0 aromatic rings. The van der Waals surface area contributed by atoms with Crippen LogP contribution >= 0.6 is 7.37 Å². The van der Waals surface area contributed by atoms with Gasteiger partial charge in [0.15, 0.2) is 17.4 Å². The van der Waals surface area contributed by atoms with Crippen molar-refractivity contribution < 1.29 is 9.46 Å². The Balaban J connectivity index is 0. The second-order valence-corrected chi connectivity index (χ2v) is 9.37. The zero-order chi connectivity index (χ0) is 14.7. The standard InChI is InChI=1S/C16H35O2P.Al.3H/c1-15(2)11-7-5-9-13-19(17,18)14-10-6-8-12-16(3)4;;;;/h15-16H,5-14H2,1-4H3,(H,17,18);;;;. The Labute approximate surface area is 137 Å². The van der Waals surface area contributed by atoms with Crippen LogP contribution in [0.1, 0.15) is 79.1 Å². The first kappa shape index (κ1) is 23.0. The van der Waals surface area contributed by atoms with Gasteiger partial charge in [-0.05, 0) is 24.7 Å². The summed E-state index contributed by atoms with van der Waals surface area (Å²) in [5.41, 5.74) is 0. The van der Waals surface area contributed by atoms with Crippen molar-refractivity contribution in [1.29, 1.82) is 0 Å². The van der Waals surface area contributed by atoms with Gasteiger partial charge in [0.2, 0.25) is 7.37 Å². The molecule has 0 amide bonds. The highest BCUT2D eigenvalue weighted by Crippen LogP contribution is 2.42. The first-order valence-corrected chi connectivity index (χ1v) is 10.2. The number of rotatable bonds is 12. The second kappa shape index (κ2) is 13.4. The molecule has 0 radical (unpaired) electrons. The van der Waals surface area contributed by atoms with Crippen molar-refractivity contribution in [3.8, 4) is 0 Å². The summed E-state index contributed by atoms with van der Waals surface area (Å²) in [7, 11) is -2.82. The van der Waals surface area contributed by atoms with Crippen LogP contribution in [0.3, 0.4) is 0 Å². The molecule has 0 heterocycles. The van der Waals surface area contributed by atoms with Crippen LogP contribution < -0.4 is 0 Å². The van der Waals surface area contributed by atoms with Crippen LogP contribution in [0.25, 0.3) is 0 Å². The molecule has 0 aliphatic rings. The van der Waals surface area contributed by atoms with Crippen molar-refractivity contribution in [2.75, 3.05) is 12.3 Å². The van der Waals surface area contributed by atoms with Gasteiger partial charge in [-0.15, -0.1) is 0 Å². The van der Waals surface area contributed by atoms with Gasteiger partial charge in [0.25, 0.3) is 0 Å². The van der Waals surface area contributed by atoms with Crippen molar-refractivity contribution in [2.45, 2.75) is 79.1 Å². The third kappa shape index (κ3) is 16.8. The minimum Gasteiger partial charge on any atom is -0.344 e. The zero-order valence-corrected chi connectivity index (χ0v) is 14.4. The molecule has 0 fully saturated rings. The summed E-state index contributed by atoms with van der Waals surface area (Å²) in [6.07, 6.45) is 10.0. The van der Waals surface area contributed by atoms with Gasteiger partial charge in [0.1, 0.15) is 0 Å². The van der Waals surface area contributed by atoms with Crippen LogP contribution in [-0.4, -0.2) is 34.6 Å². The topological polar surface area (TPSA) is 37.3 Å². The molecule has 0 unspecified atom stereocenters. The van der Waals surface area contributed by atoms with Crippen molar-refractivity contribution in [3.05, 3.63) is 0 Å². The molecular formula is C16H38AlO2P. The summed E-state index contributed by atoms with van der Waals surface area (Å²) in [5, 5.41) is 0. The van der Waals surface area contributed by atoms with E-state index >= 15 is 0 Å². The van der Waals surface area contributed by atoms with E-state index in [0.29, 0.717) is 12.3 Å². The first-order chi connectivity index (χ1) is 8.83. The van der Waals surface area contributed by atoms with Gasteiger partial charge in [0.05, 0.1) is 0 Å². The third-order valence-corrected chi connectivity index (χ3v) is 5.61. The van der Waals surface area contributed by atoms with E-state index in [4.69, 9.17) is 0 Å². The van der Waals surface area contributed by atoms with Crippen LogP contribution in [0.5, 0.6) is 0 Å².